The number of hydrogen-bond donors (Lipinski definition) is 2. The minimum atomic E-state index is -0.470. The maximum absolute atomic E-state index is 12.4. The van der Waals surface area contributed by atoms with Crippen molar-refractivity contribution in [2.24, 2.45) is 0 Å². The molecule has 118 valence electrons. The van der Waals surface area contributed by atoms with Crippen LogP contribution in [0.4, 0.5) is 0 Å². The van der Waals surface area contributed by atoms with Gasteiger partial charge in [-0.1, -0.05) is 29.3 Å². The summed E-state index contributed by atoms with van der Waals surface area (Å²) >= 11 is 11.9. The van der Waals surface area contributed by atoms with Gasteiger partial charge in [0.1, 0.15) is 0 Å². The molecular weight excluding hydrogens is 331 g/mol. The second-order valence-corrected chi connectivity index (χ2v) is 6.40. The van der Waals surface area contributed by atoms with Crippen molar-refractivity contribution in [2.75, 3.05) is 6.54 Å². The summed E-state index contributed by atoms with van der Waals surface area (Å²) in [6, 6.07) is 5.33. The zero-order valence-corrected chi connectivity index (χ0v) is 14.5. The van der Waals surface area contributed by atoms with Crippen molar-refractivity contribution in [3.8, 4) is 0 Å². The Balaban J connectivity index is 0.00000220. The van der Waals surface area contributed by atoms with Crippen molar-refractivity contribution >= 4 is 41.5 Å². The van der Waals surface area contributed by atoms with Crippen LogP contribution in [0.2, 0.25) is 10.0 Å². The lowest BCUT2D eigenvalue weighted by molar-refractivity contribution is -0.128. The summed E-state index contributed by atoms with van der Waals surface area (Å²) in [5.74, 6) is 0.0378. The fourth-order valence-electron chi connectivity index (χ4n) is 2.47. The number of halogens is 3. The molecule has 2 N–H and O–H groups in total. The second-order valence-electron chi connectivity index (χ2n) is 5.58. The molecule has 1 aromatic rings. The van der Waals surface area contributed by atoms with Gasteiger partial charge in [-0.05, 0) is 57.4 Å². The van der Waals surface area contributed by atoms with E-state index in [2.05, 4.69) is 10.6 Å². The first kappa shape index (κ1) is 18.6. The Morgan fingerprint density at radius 1 is 1.33 bits per heavy atom. The topological polar surface area (TPSA) is 41.1 Å². The molecule has 3 nitrogen and oxygen atoms in total. The summed E-state index contributed by atoms with van der Waals surface area (Å²) in [5.41, 5.74) is 0.482. The molecular formula is C15H21Cl3N2O. The number of hydrogen-bond acceptors (Lipinski definition) is 2. The van der Waals surface area contributed by atoms with E-state index >= 15 is 0 Å². The Hall–Kier alpha value is -0.480. The van der Waals surface area contributed by atoms with E-state index in [1.807, 2.05) is 19.9 Å². The summed E-state index contributed by atoms with van der Waals surface area (Å²) < 4.78 is 0. The van der Waals surface area contributed by atoms with Crippen molar-refractivity contribution < 1.29 is 4.79 Å². The van der Waals surface area contributed by atoms with E-state index in [4.69, 9.17) is 23.2 Å². The predicted octanol–water partition coefficient (Wildman–Crippen LogP) is 4.12. The van der Waals surface area contributed by atoms with Gasteiger partial charge in [0.15, 0.2) is 0 Å². The molecule has 1 saturated heterocycles. The Bertz CT molecular complexity index is 502. The lowest BCUT2D eigenvalue weighted by atomic mass is 9.89. The molecule has 1 aromatic carbocycles. The Morgan fingerprint density at radius 2 is 2.05 bits per heavy atom. The number of rotatable bonds is 3. The van der Waals surface area contributed by atoms with Gasteiger partial charge < -0.3 is 10.6 Å². The van der Waals surface area contributed by atoms with Crippen molar-refractivity contribution in [1.29, 1.82) is 0 Å². The van der Waals surface area contributed by atoms with Crippen LogP contribution in [-0.2, 0) is 4.79 Å². The van der Waals surface area contributed by atoms with Crippen LogP contribution >= 0.6 is 35.6 Å². The van der Waals surface area contributed by atoms with E-state index in [0.29, 0.717) is 10.0 Å². The first-order valence-electron chi connectivity index (χ1n) is 6.93. The van der Waals surface area contributed by atoms with Crippen LogP contribution in [0.1, 0.15) is 44.7 Å². The van der Waals surface area contributed by atoms with Gasteiger partial charge in [0.2, 0.25) is 5.91 Å². The minimum absolute atomic E-state index is 0. The molecule has 0 spiro atoms. The normalized spacial score (nSPS) is 23.0. The van der Waals surface area contributed by atoms with E-state index in [0.717, 1.165) is 31.4 Å². The van der Waals surface area contributed by atoms with Crippen LogP contribution in [0.5, 0.6) is 0 Å². The monoisotopic (exact) mass is 350 g/mol. The average molecular weight is 352 g/mol. The number of benzene rings is 1. The molecule has 21 heavy (non-hydrogen) atoms. The molecule has 2 unspecified atom stereocenters. The van der Waals surface area contributed by atoms with Crippen molar-refractivity contribution in [3.05, 3.63) is 33.8 Å². The van der Waals surface area contributed by atoms with Crippen LogP contribution in [0.25, 0.3) is 0 Å². The van der Waals surface area contributed by atoms with Crippen molar-refractivity contribution in [3.63, 3.8) is 0 Å². The van der Waals surface area contributed by atoms with E-state index in [1.54, 1.807) is 12.1 Å². The van der Waals surface area contributed by atoms with Gasteiger partial charge in [-0.3, -0.25) is 4.79 Å². The third kappa shape index (κ3) is 4.49. The molecule has 0 aromatic heterocycles. The largest absolute Gasteiger partial charge is 0.348 e. The van der Waals surface area contributed by atoms with Gasteiger partial charge >= 0.3 is 0 Å². The second kappa shape index (κ2) is 7.68. The van der Waals surface area contributed by atoms with Crippen LogP contribution in [0, 0.1) is 0 Å². The molecule has 1 amide bonds. The first-order valence-corrected chi connectivity index (χ1v) is 7.69. The van der Waals surface area contributed by atoms with Gasteiger partial charge in [0, 0.05) is 0 Å². The summed E-state index contributed by atoms with van der Waals surface area (Å²) in [4.78, 5) is 12.4. The number of nitrogens with one attached hydrogen (secondary N) is 2. The van der Waals surface area contributed by atoms with Crippen molar-refractivity contribution in [2.45, 2.75) is 44.7 Å². The van der Waals surface area contributed by atoms with Crippen LogP contribution in [0.15, 0.2) is 18.2 Å². The molecule has 1 fully saturated rings. The SMILES string of the molecule is CC(NC(=O)C1(C)CCCCN1)c1ccc(Cl)c(Cl)c1.Cl. The van der Waals surface area contributed by atoms with Gasteiger partial charge in [-0.25, -0.2) is 0 Å². The van der Waals surface area contributed by atoms with E-state index in [-0.39, 0.29) is 24.4 Å². The molecule has 2 rings (SSSR count). The molecule has 0 saturated carbocycles. The van der Waals surface area contributed by atoms with E-state index in [1.165, 1.54) is 0 Å². The van der Waals surface area contributed by atoms with Crippen LogP contribution in [-0.4, -0.2) is 18.0 Å². The number of amides is 1. The van der Waals surface area contributed by atoms with Crippen LogP contribution in [0.3, 0.4) is 0 Å². The van der Waals surface area contributed by atoms with Gasteiger partial charge in [-0.2, -0.15) is 0 Å². The lowest BCUT2D eigenvalue weighted by Gasteiger charge is -2.34. The van der Waals surface area contributed by atoms with E-state index in [9.17, 15) is 4.79 Å². The Labute approximate surface area is 142 Å². The Kier molecular flexibility index (Phi) is 6.79. The first-order chi connectivity index (χ1) is 9.42. The fraction of sp³-hybridized carbons (Fsp3) is 0.533. The molecule has 1 heterocycles. The summed E-state index contributed by atoms with van der Waals surface area (Å²) in [5, 5.41) is 7.39. The van der Waals surface area contributed by atoms with Gasteiger partial charge in [0.05, 0.1) is 21.6 Å². The highest BCUT2D eigenvalue weighted by molar-refractivity contribution is 6.42. The summed E-state index contributed by atoms with van der Waals surface area (Å²) in [7, 11) is 0. The molecule has 1 aliphatic rings. The smallest absolute Gasteiger partial charge is 0.240 e. The third-order valence-corrected chi connectivity index (χ3v) is 4.65. The fourth-order valence-corrected chi connectivity index (χ4v) is 2.78. The molecule has 0 radical (unpaired) electrons. The molecule has 6 heteroatoms. The highest BCUT2D eigenvalue weighted by atomic mass is 35.5. The highest BCUT2D eigenvalue weighted by Gasteiger charge is 2.34. The highest BCUT2D eigenvalue weighted by Crippen LogP contribution is 2.26. The zero-order chi connectivity index (χ0) is 14.8. The maximum Gasteiger partial charge on any atom is 0.240 e. The van der Waals surface area contributed by atoms with Gasteiger partial charge in [-0.15, -0.1) is 12.4 Å². The number of carbonyl (C=O) groups excluding carboxylic acids is 1. The van der Waals surface area contributed by atoms with Crippen molar-refractivity contribution in [1.82, 2.24) is 10.6 Å². The van der Waals surface area contributed by atoms with E-state index < -0.39 is 5.54 Å². The van der Waals surface area contributed by atoms with Gasteiger partial charge in [0.25, 0.3) is 0 Å². The standard InChI is InChI=1S/C15H20Cl2N2O.ClH/c1-10(11-5-6-12(16)13(17)9-11)19-14(20)15(2)7-3-4-8-18-15;/h5-6,9-10,18H,3-4,7-8H2,1-2H3,(H,19,20);1H. The molecule has 1 aliphatic heterocycles. The number of carbonyl (C=O) groups is 1. The number of piperidine rings is 1. The predicted molar refractivity (Wildman–Crippen MR) is 90.5 cm³/mol. The molecule has 2 atom stereocenters. The third-order valence-electron chi connectivity index (χ3n) is 3.91. The summed E-state index contributed by atoms with van der Waals surface area (Å²) in [6.07, 6.45) is 3.08. The zero-order valence-electron chi connectivity index (χ0n) is 12.2. The molecule has 0 bridgehead atoms. The summed E-state index contributed by atoms with van der Waals surface area (Å²) in [6.45, 7) is 4.80. The van der Waals surface area contributed by atoms with Crippen LogP contribution < -0.4 is 10.6 Å². The Morgan fingerprint density at radius 3 is 2.62 bits per heavy atom. The lowest BCUT2D eigenvalue weighted by Crippen LogP contribution is -2.57. The average Bonchev–Trinajstić information content (AvgIpc) is 2.42. The minimum Gasteiger partial charge on any atom is -0.348 e. The quantitative estimate of drug-likeness (QED) is 0.860. The molecule has 0 aliphatic carbocycles. The maximum atomic E-state index is 12.4.